The van der Waals surface area contributed by atoms with E-state index in [-0.39, 0.29) is 5.75 Å². The fourth-order valence-corrected chi connectivity index (χ4v) is 2.22. The van der Waals surface area contributed by atoms with Gasteiger partial charge in [0, 0.05) is 12.5 Å². The number of nitriles is 1. The Morgan fingerprint density at radius 3 is 2.80 bits per heavy atom. The van der Waals surface area contributed by atoms with Crippen LogP contribution in [-0.2, 0) is 0 Å². The average Bonchev–Trinajstić information content (AvgIpc) is 3.18. The molecule has 1 aliphatic rings. The zero-order valence-corrected chi connectivity index (χ0v) is 11.6. The van der Waals surface area contributed by atoms with Gasteiger partial charge in [0.2, 0.25) is 5.82 Å². The quantitative estimate of drug-likeness (QED) is 0.870. The Morgan fingerprint density at radius 1 is 1.50 bits per heavy atom. The van der Waals surface area contributed by atoms with Crippen LogP contribution in [0.5, 0.6) is 5.75 Å². The zero-order chi connectivity index (χ0) is 14.8. The topological polar surface area (TPSA) is 45.0 Å². The van der Waals surface area contributed by atoms with E-state index < -0.39 is 23.3 Å². The molecule has 0 aromatic heterocycles. The van der Waals surface area contributed by atoms with Gasteiger partial charge in [0.15, 0.2) is 11.6 Å². The van der Waals surface area contributed by atoms with Gasteiger partial charge >= 0.3 is 0 Å². The Labute approximate surface area is 117 Å². The predicted molar refractivity (Wildman–Crippen MR) is 71.2 cm³/mol. The van der Waals surface area contributed by atoms with Crippen LogP contribution >= 0.6 is 0 Å². The third-order valence-corrected chi connectivity index (χ3v) is 3.29. The lowest BCUT2D eigenvalue weighted by Crippen LogP contribution is -2.45. The number of halogens is 2. The molecule has 1 aliphatic carbocycles. The van der Waals surface area contributed by atoms with E-state index >= 15 is 0 Å². The first kappa shape index (κ1) is 14.7. The highest BCUT2D eigenvalue weighted by Gasteiger charge is 2.34. The minimum atomic E-state index is -0.992. The number of benzene rings is 1. The Morgan fingerprint density at radius 2 is 2.20 bits per heavy atom. The van der Waals surface area contributed by atoms with Gasteiger partial charge in [-0.1, -0.05) is 6.07 Å². The summed E-state index contributed by atoms with van der Waals surface area (Å²) in [5.74, 6) is -2.05. The van der Waals surface area contributed by atoms with E-state index in [1.165, 1.54) is 12.1 Å². The Balaban J connectivity index is 1.99. The maximum atomic E-state index is 13.5. The first-order valence-electron chi connectivity index (χ1n) is 6.73. The molecule has 0 spiro atoms. The van der Waals surface area contributed by atoms with Crippen molar-refractivity contribution >= 4 is 0 Å². The van der Waals surface area contributed by atoms with Crippen molar-refractivity contribution in [2.45, 2.75) is 50.8 Å². The first-order valence-corrected chi connectivity index (χ1v) is 6.73. The SMILES string of the molecule is CC(CC(C)(C#N)NC1CC1)Oc1cccc(F)c1F. The monoisotopic (exact) mass is 280 g/mol. The maximum absolute atomic E-state index is 13.5. The Bertz CT molecular complexity index is 525. The summed E-state index contributed by atoms with van der Waals surface area (Å²) in [7, 11) is 0. The van der Waals surface area contributed by atoms with Gasteiger partial charge in [-0.05, 0) is 38.8 Å². The predicted octanol–water partition coefficient (Wildman–Crippen LogP) is 3.16. The van der Waals surface area contributed by atoms with E-state index in [1.807, 2.05) is 0 Å². The molecule has 1 fully saturated rings. The number of nitrogens with zero attached hydrogens (tertiary/aromatic N) is 1. The summed E-state index contributed by atoms with van der Waals surface area (Å²) in [4.78, 5) is 0. The van der Waals surface area contributed by atoms with Crippen LogP contribution in [0.25, 0.3) is 0 Å². The second-order valence-electron chi connectivity index (χ2n) is 5.55. The van der Waals surface area contributed by atoms with Crippen LogP contribution in [-0.4, -0.2) is 17.7 Å². The summed E-state index contributed by atoms with van der Waals surface area (Å²) in [5, 5.41) is 12.5. The molecule has 3 nitrogen and oxygen atoms in total. The first-order chi connectivity index (χ1) is 9.43. The van der Waals surface area contributed by atoms with E-state index in [0.717, 1.165) is 18.9 Å². The minimum Gasteiger partial charge on any atom is -0.487 e. The third-order valence-electron chi connectivity index (χ3n) is 3.29. The molecule has 1 aromatic rings. The molecule has 1 aromatic carbocycles. The number of nitrogens with one attached hydrogen (secondary N) is 1. The largest absolute Gasteiger partial charge is 0.487 e. The summed E-state index contributed by atoms with van der Waals surface area (Å²) in [6, 6.07) is 6.44. The van der Waals surface area contributed by atoms with Crippen molar-refractivity contribution in [3.63, 3.8) is 0 Å². The molecule has 20 heavy (non-hydrogen) atoms. The highest BCUT2D eigenvalue weighted by Crippen LogP contribution is 2.26. The lowest BCUT2D eigenvalue weighted by atomic mass is 9.96. The number of hydrogen-bond donors (Lipinski definition) is 1. The molecule has 2 unspecified atom stereocenters. The van der Waals surface area contributed by atoms with Crippen LogP contribution in [0, 0.1) is 23.0 Å². The minimum absolute atomic E-state index is 0.121. The smallest absolute Gasteiger partial charge is 0.200 e. The molecule has 0 aliphatic heterocycles. The molecule has 2 atom stereocenters. The van der Waals surface area contributed by atoms with Gasteiger partial charge in [-0.2, -0.15) is 9.65 Å². The second-order valence-corrected chi connectivity index (χ2v) is 5.55. The highest BCUT2D eigenvalue weighted by molar-refractivity contribution is 5.25. The standard InChI is InChI=1S/C15H18F2N2O/c1-10(8-15(2,9-18)19-11-6-7-11)20-13-5-3-4-12(16)14(13)17/h3-5,10-11,19H,6-8H2,1-2H3. The molecule has 0 bridgehead atoms. The van der Waals surface area contributed by atoms with Crippen molar-refractivity contribution in [1.82, 2.24) is 5.32 Å². The molecule has 1 N–H and O–H groups in total. The molecule has 0 saturated heterocycles. The van der Waals surface area contributed by atoms with Gasteiger partial charge in [-0.15, -0.1) is 0 Å². The molecular weight excluding hydrogens is 262 g/mol. The molecule has 0 radical (unpaired) electrons. The molecule has 0 amide bonds. The van der Waals surface area contributed by atoms with Crippen LogP contribution in [0.15, 0.2) is 18.2 Å². The fraction of sp³-hybridized carbons (Fsp3) is 0.533. The van der Waals surface area contributed by atoms with E-state index in [1.54, 1.807) is 13.8 Å². The average molecular weight is 280 g/mol. The lowest BCUT2D eigenvalue weighted by molar-refractivity contribution is 0.170. The molecule has 0 heterocycles. The van der Waals surface area contributed by atoms with Crippen LogP contribution in [0.3, 0.4) is 0 Å². The van der Waals surface area contributed by atoms with Crippen molar-refractivity contribution in [1.29, 1.82) is 5.26 Å². The molecule has 1 saturated carbocycles. The van der Waals surface area contributed by atoms with E-state index in [2.05, 4.69) is 11.4 Å². The highest BCUT2D eigenvalue weighted by atomic mass is 19.2. The van der Waals surface area contributed by atoms with Gasteiger partial charge in [0.25, 0.3) is 0 Å². The van der Waals surface area contributed by atoms with E-state index in [9.17, 15) is 14.0 Å². The van der Waals surface area contributed by atoms with Gasteiger partial charge in [0.1, 0.15) is 5.54 Å². The van der Waals surface area contributed by atoms with Gasteiger partial charge < -0.3 is 4.74 Å². The summed E-state index contributed by atoms with van der Waals surface area (Å²) in [6.45, 7) is 3.54. The van der Waals surface area contributed by atoms with Gasteiger partial charge in [0.05, 0.1) is 12.2 Å². The lowest BCUT2D eigenvalue weighted by Gasteiger charge is -2.27. The van der Waals surface area contributed by atoms with E-state index in [4.69, 9.17) is 4.74 Å². The number of ether oxygens (including phenoxy) is 1. The molecule has 2 rings (SSSR count). The molecule has 5 heteroatoms. The third kappa shape index (κ3) is 3.67. The van der Waals surface area contributed by atoms with Crippen LogP contribution < -0.4 is 10.1 Å². The summed E-state index contributed by atoms with van der Waals surface area (Å²) < 4.78 is 32.0. The molecular formula is C15H18F2N2O. The van der Waals surface area contributed by atoms with Crippen molar-refractivity contribution in [2.24, 2.45) is 0 Å². The summed E-state index contributed by atoms with van der Waals surface area (Å²) in [6.07, 6.45) is 2.15. The van der Waals surface area contributed by atoms with Crippen LogP contribution in [0.2, 0.25) is 0 Å². The van der Waals surface area contributed by atoms with Crippen molar-refractivity contribution in [3.05, 3.63) is 29.8 Å². The number of rotatable bonds is 6. The van der Waals surface area contributed by atoms with E-state index in [0.29, 0.717) is 12.5 Å². The zero-order valence-electron chi connectivity index (χ0n) is 11.6. The van der Waals surface area contributed by atoms with Crippen LogP contribution in [0.4, 0.5) is 8.78 Å². The van der Waals surface area contributed by atoms with Crippen molar-refractivity contribution in [2.75, 3.05) is 0 Å². The van der Waals surface area contributed by atoms with Crippen molar-refractivity contribution < 1.29 is 13.5 Å². The Hall–Kier alpha value is -1.67. The normalized spacial score (nSPS) is 18.9. The van der Waals surface area contributed by atoms with Crippen molar-refractivity contribution in [3.8, 4) is 11.8 Å². The second kappa shape index (κ2) is 5.76. The van der Waals surface area contributed by atoms with Crippen LogP contribution in [0.1, 0.15) is 33.1 Å². The molecule has 108 valence electrons. The summed E-state index contributed by atoms with van der Waals surface area (Å²) >= 11 is 0. The number of hydrogen-bond acceptors (Lipinski definition) is 3. The Kier molecular flexibility index (Phi) is 4.24. The van der Waals surface area contributed by atoms with Gasteiger partial charge in [-0.3, -0.25) is 5.32 Å². The van der Waals surface area contributed by atoms with Gasteiger partial charge in [-0.25, -0.2) is 4.39 Å². The summed E-state index contributed by atoms with van der Waals surface area (Å²) in [5.41, 5.74) is -0.718. The maximum Gasteiger partial charge on any atom is 0.200 e. The fourth-order valence-electron chi connectivity index (χ4n) is 2.22.